The number of H-pyrrole nitrogens is 1. The average molecular weight is 360 g/mol. The van der Waals surface area contributed by atoms with E-state index in [1.165, 1.54) is 10.4 Å². The molecule has 0 atom stereocenters. The molecule has 2 heterocycles. The van der Waals surface area contributed by atoms with E-state index < -0.39 is 22.1 Å². The Kier molecular flexibility index (Phi) is 4.07. The van der Waals surface area contributed by atoms with Crippen molar-refractivity contribution in [3.8, 4) is 0 Å². The summed E-state index contributed by atoms with van der Waals surface area (Å²) in [6.07, 6.45) is -0.739. The zero-order chi connectivity index (χ0) is 16.8. The van der Waals surface area contributed by atoms with Crippen LogP contribution < -0.4 is 5.73 Å². The van der Waals surface area contributed by atoms with Crippen LogP contribution in [0.15, 0.2) is 23.1 Å². The normalized spacial score (nSPS) is 17.7. The van der Waals surface area contributed by atoms with Crippen molar-refractivity contribution >= 4 is 38.4 Å². The van der Waals surface area contributed by atoms with Gasteiger partial charge in [0.1, 0.15) is 16.8 Å². The third kappa shape index (κ3) is 2.82. The van der Waals surface area contributed by atoms with E-state index in [-0.39, 0.29) is 36.5 Å². The Morgan fingerprint density at radius 3 is 2.61 bits per heavy atom. The van der Waals surface area contributed by atoms with Crippen LogP contribution in [0.3, 0.4) is 0 Å². The molecule has 0 bridgehead atoms. The van der Waals surface area contributed by atoms with Crippen molar-refractivity contribution in [1.29, 1.82) is 0 Å². The molecular formula is C14H15ClFN3O3S. The summed E-state index contributed by atoms with van der Waals surface area (Å²) in [4.78, 5) is 14.2. The number of aromatic amines is 1. The van der Waals surface area contributed by atoms with Crippen LogP contribution in [0.4, 0.5) is 4.39 Å². The van der Waals surface area contributed by atoms with E-state index >= 15 is 0 Å². The van der Waals surface area contributed by atoms with Crippen LogP contribution in [0.25, 0.3) is 10.9 Å². The number of hydrogen-bond donors (Lipinski definition) is 2. The SMILES string of the molecule is NC(=O)c1[nH]c2ccc(Cl)cc2c1S(=O)(=O)N1CCC(F)CC1. The lowest BCUT2D eigenvalue weighted by Gasteiger charge is -2.27. The number of hydrogen-bond acceptors (Lipinski definition) is 3. The Balaban J connectivity index is 2.19. The maximum absolute atomic E-state index is 13.3. The van der Waals surface area contributed by atoms with Gasteiger partial charge in [0.15, 0.2) is 0 Å². The molecule has 1 saturated heterocycles. The van der Waals surface area contributed by atoms with Gasteiger partial charge in [-0.25, -0.2) is 12.8 Å². The number of halogens is 2. The van der Waals surface area contributed by atoms with Crippen LogP contribution in [-0.2, 0) is 10.0 Å². The standard InChI is InChI=1S/C14H15ClFN3O3S/c15-8-1-2-11-10(7-8)13(12(18-11)14(17)20)23(21,22)19-5-3-9(16)4-6-19/h1-2,7,9,18H,3-6H2,(H2,17,20). The highest BCUT2D eigenvalue weighted by atomic mass is 35.5. The van der Waals surface area contributed by atoms with Gasteiger partial charge >= 0.3 is 0 Å². The van der Waals surface area contributed by atoms with Crippen molar-refractivity contribution in [3.63, 3.8) is 0 Å². The monoisotopic (exact) mass is 359 g/mol. The van der Waals surface area contributed by atoms with Gasteiger partial charge in [0, 0.05) is 29.0 Å². The van der Waals surface area contributed by atoms with Crippen molar-refractivity contribution < 1.29 is 17.6 Å². The Labute approximate surface area is 137 Å². The zero-order valence-corrected chi connectivity index (χ0v) is 13.6. The Morgan fingerprint density at radius 2 is 2.00 bits per heavy atom. The molecule has 1 aromatic carbocycles. The number of fused-ring (bicyclic) bond motifs is 1. The number of nitrogens with one attached hydrogen (secondary N) is 1. The molecule has 6 nitrogen and oxygen atoms in total. The summed E-state index contributed by atoms with van der Waals surface area (Å²) in [5.41, 5.74) is 5.57. The summed E-state index contributed by atoms with van der Waals surface area (Å²) < 4.78 is 40.3. The second-order valence-electron chi connectivity index (χ2n) is 5.46. The van der Waals surface area contributed by atoms with Gasteiger partial charge in [-0.05, 0) is 31.0 Å². The lowest BCUT2D eigenvalue weighted by atomic mass is 10.1. The van der Waals surface area contributed by atoms with E-state index in [9.17, 15) is 17.6 Å². The van der Waals surface area contributed by atoms with Gasteiger partial charge in [0.2, 0.25) is 10.0 Å². The van der Waals surface area contributed by atoms with Crippen LogP contribution >= 0.6 is 11.6 Å². The number of alkyl halides is 1. The van der Waals surface area contributed by atoms with Gasteiger partial charge in [-0.2, -0.15) is 4.31 Å². The van der Waals surface area contributed by atoms with Crippen LogP contribution in [0.2, 0.25) is 5.02 Å². The van der Waals surface area contributed by atoms with Gasteiger partial charge in [-0.1, -0.05) is 11.6 Å². The number of benzene rings is 1. The molecule has 0 radical (unpaired) electrons. The first-order valence-corrected chi connectivity index (χ1v) is 8.88. The smallest absolute Gasteiger partial charge is 0.266 e. The molecule has 1 aliphatic rings. The number of amides is 1. The maximum Gasteiger partial charge on any atom is 0.266 e. The number of nitrogens with two attached hydrogens (primary N) is 1. The molecular weight excluding hydrogens is 345 g/mol. The fraction of sp³-hybridized carbons (Fsp3) is 0.357. The van der Waals surface area contributed by atoms with Gasteiger partial charge < -0.3 is 10.7 Å². The summed E-state index contributed by atoms with van der Waals surface area (Å²) in [6, 6.07) is 4.63. The number of carbonyl (C=O) groups excluding carboxylic acids is 1. The van der Waals surface area contributed by atoms with Crippen molar-refractivity contribution in [2.75, 3.05) is 13.1 Å². The predicted molar refractivity (Wildman–Crippen MR) is 84.7 cm³/mol. The van der Waals surface area contributed by atoms with Gasteiger partial charge in [0.25, 0.3) is 5.91 Å². The minimum atomic E-state index is -3.99. The highest BCUT2D eigenvalue weighted by molar-refractivity contribution is 7.89. The minimum absolute atomic E-state index is 0.0644. The van der Waals surface area contributed by atoms with Crippen LogP contribution in [0, 0.1) is 0 Å². The number of aromatic nitrogens is 1. The number of nitrogens with zero attached hydrogens (tertiary/aromatic N) is 1. The van der Waals surface area contributed by atoms with E-state index in [0.717, 1.165) is 0 Å². The van der Waals surface area contributed by atoms with E-state index in [2.05, 4.69) is 4.98 Å². The van der Waals surface area contributed by atoms with Crippen molar-refractivity contribution in [1.82, 2.24) is 9.29 Å². The molecule has 1 aliphatic heterocycles. The largest absolute Gasteiger partial charge is 0.364 e. The second-order valence-corrected chi connectivity index (χ2v) is 7.77. The molecule has 0 unspecified atom stereocenters. The van der Waals surface area contributed by atoms with E-state index in [0.29, 0.717) is 15.9 Å². The molecule has 2 aromatic rings. The number of primary amides is 1. The fourth-order valence-electron chi connectivity index (χ4n) is 2.77. The molecule has 3 N–H and O–H groups in total. The molecule has 0 saturated carbocycles. The van der Waals surface area contributed by atoms with Gasteiger partial charge in [0.05, 0.1) is 0 Å². The van der Waals surface area contributed by atoms with Crippen LogP contribution in [-0.4, -0.2) is 42.9 Å². The van der Waals surface area contributed by atoms with Crippen LogP contribution in [0.5, 0.6) is 0 Å². The Bertz CT molecular complexity index is 873. The third-order valence-electron chi connectivity index (χ3n) is 3.94. The number of piperidine rings is 1. The minimum Gasteiger partial charge on any atom is -0.364 e. The number of rotatable bonds is 3. The lowest BCUT2D eigenvalue weighted by Crippen LogP contribution is -2.39. The first kappa shape index (κ1) is 16.2. The Hall–Kier alpha value is -1.64. The topological polar surface area (TPSA) is 96.3 Å². The van der Waals surface area contributed by atoms with E-state index in [1.807, 2.05) is 0 Å². The lowest BCUT2D eigenvalue weighted by molar-refractivity contribution is 0.0993. The third-order valence-corrected chi connectivity index (χ3v) is 6.16. The highest BCUT2D eigenvalue weighted by Gasteiger charge is 2.34. The quantitative estimate of drug-likeness (QED) is 0.877. The number of carbonyl (C=O) groups is 1. The molecule has 1 fully saturated rings. The van der Waals surface area contributed by atoms with Crippen molar-refractivity contribution in [2.45, 2.75) is 23.9 Å². The Morgan fingerprint density at radius 1 is 1.35 bits per heavy atom. The molecule has 124 valence electrons. The van der Waals surface area contributed by atoms with Gasteiger partial charge in [-0.3, -0.25) is 4.79 Å². The summed E-state index contributed by atoms with van der Waals surface area (Å²) in [6.45, 7) is 0.129. The second kappa shape index (κ2) is 5.77. The first-order valence-electron chi connectivity index (χ1n) is 7.06. The summed E-state index contributed by atoms with van der Waals surface area (Å²) in [5, 5.41) is 0.639. The van der Waals surface area contributed by atoms with Crippen LogP contribution in [0.1, 0.15) is 23.3 Å². The molecule has 3 rings (SSSR count). The molecule has 0 aliphatic carbocycles. The molecule has 1 aromatic heterocycles. The van der Waals surface area contributed by atoms with Crippen molar-refractivity contribution in [3.05, 3.63) is 28.9 Å². The number of sulfonamides is 1. The summed E-state index contributed by atoms with van der Waals surface area (Å²) in [7, 11) is -3.99. The molecule has 23 heavy (non-hydrogen) atoms. The molecule has 0 spiro atoms. The molecule has 9 heteroatoms. The van der Waals surface area contributed by atoms with E-state index in [4.69, 9.17) is 17.3 Å². The zero-order valence-electron chi connectivity index (χ0n) is 12.1. The first-order chi connectivity index (χ1) is 10.8. The van der Waals surface area contributed by atoms with Crippen molar-refractivity contribution in [2.24, 2.45) is 5.73 Å². The van der Waals surface area contributed by atoms with Gasteiger partial charge in [-0.15, -0.1) is 0 Å². The highest BCUT2D eigenvalue weighted by Crippen LogP contribution is 2.32. The maximum atomic E-state index is 13.3. The fourth-order valence-corrected chi connectivity index (χ4v) is 4.75. The predicted octanol–water partition coefficient (Wildman–Crippen LogP) is 2.04. The molecule has 1 amide bonds. The average Bonchev–Trinajstić information content (AvgIpc) is 2.87. The van der Waals surface area contributed by atoms with E-state index in [1.54, 1.807) is 12.1 Å². The summed E-state index contributed by atoms with van der Waals surface area (Å²) in [5.74, 6) is -0.878. The summed E-state index contributed by atoms with van der Waals surface area (Å²) >= 11 is 5.95.